The molecule has 0 rings (SSSR count). The molecule has 0 fully saturated rings. The smallest absolute Gasteiger partial charge is 0.307 e. The second kappa shape index (κ2) is 28.2. The van der Waals surface area contributed by atoms with E-state index in [1.165, 1.54) is 154 Å². The SMILES string of the molecule is CCCCCCCCCCCCCCCCCCCCCCCCCCC=CCC(=O)O. The Morgan fingerprint density at radius 3 is 1.03 bits per heavy atom. The van der Waals surface area contributed by atoms with Gasteiger partial charge in [-0.3, -0.25) is 4.79 Å². The van der Waals surface area contributed by atoms with E-state index in [4.69, 9.17) is 5.11 Å². The summed E-state index contributed by atoms with van der Waals surface area (Å²) in [6.45, 7) is 2.30. The average Bonchev–Trinajstić information content (AvgIpc) is 2.78. The highest BCUT2D eigenvalue weighted by Crippen LogP contribution is 2.15. The second-order valence-corrected chi connectivity index (χ2v) is 9.99. The number of aliphatic carboxylic acids is 1. The number of carboxylic acids is 1. The van der Waals surface area contributed by atoms with E-state index in [1.807, 2.05) is 6.08 Å². The summed E-state index contributed by atoms with van der Waals surface area (Å²) in [5, 5.41) is 8.55. The Morgan fingerprint density at radius 2 is 0.750 bits per heavy atom. The minimum Gasteiger partial charge on any atom is -0.481 e. The molecule has 2 heteroatoms. The molecule has 0 aromatic rings. The topological polar surface area (TPSA) is 37.3 Å². The quantitative estimate of drug-likeness (QED) is 0.0997. The molecule has 32 heavy (non-hydrogen) atoms. The lowest BCUT2D eigenvalue weighted by Crippen LogP contribution is -1.89. The maximum Gasteiger partial charge on any atom is 0.307 e. The van der Waals surface area contributed by atoms with Crippen molar-refractivity contribution in [1.29, 1.82) is 0 Å². The van der Waals surface area contributed by atoms with Gasteiger partial charge in [0.2, 0.25) is 0 Å². The van der Waals surface area contributed by atoms with Gasteiger partial charge in [0.1, 0.15) is 0 Å². The largest absolute Gasteiger partial charge is 0.481 e. The van der Waals surface area contributed by atoms with Gasteiger partial charge < -0.3 is 5.11 Å². The van der Waals surface area contributed by atoms with Gasteiger partial charge in [0.05, 0.1) is 6.42 Å². The van der Waals surface area contributed by atoms with Crippen molar-refractivity contribution in [2.45, 2.75) is 174 Å². The molecular weight excluding hydrogens is 392 g/mol. The molecule has 0 aliphatic heterocycles. The van der Waals surface area contributed by atoms with Crippen molar-refractivity contribution < 1.29 is 9.90 Å². The third-order valence-corrected chi connectivity index (χ3v) is 6.68. The molecule has 0 saturated carbocycles. The fraction of sp³-hybridized carbons (Fsp3) is 0.900. The molecule has 0 spiro atoms. The molecule has 0 aliphatic carbocycles. The maximum atomic E-state index is 10.4. The lowest BCUT2D eigenvalue weighted by Gasteiger charge is -2.04. The summed E-state index contributed by atoms with van der Waals surface area (Å²) in [6.07, 6.45) is 39.2. The number of allylic oxidation sites excluding steroid dienone is 1. The van der Waals surface area contributed by atoms with Gasteiger partial charge in [-0.05, 0) is 12.8 Å². The van der Waals surface area contributed by atoms with E-state index >= 15 is 0 Å². The monoisotopic (exact) mass is 450 g/mol. The fourth-order valence-electron chi connectivity index (χ4n) is 4.53. The Hall–Kier alpha value is -0.790. The van der Waals surface area contributed by atoms with E-state index in [0.29, 0.717) is 0 Å². The van der Waals surface area contributed by atoms with Crippen molar-refractivity contribution in [2.24, 2.45) is 0 Å². The van der Waals surface area contributed by atoms with E-state index < -0.39 is 5.97 Å². The maximum absolute atomic E-state index is 10.4. The van der Waals surface area contributed by atoms with E-state index in [0.717, 1.165) is 6.42 Å². The van der Waals surface area contributed by atoms with Gasteiger partial charge in [0.25, 0.3) is 0 Å². The van der Waals surface area contributed by atoms with Crippen molar-refractivity contribution >= 4 is 5.97 Å². The molecule has 0 unspecified atom stereocenters. The number of carboxylic acid groups (broad SMARTS) is 1. The van der Waals surface area contributed by atoms with E-state index in [2.05, 4.69) is 6.92 Å². The van der Waals surface area contributed by atoms with Gasteiger partial charge in [-0.15, -0.1) is 0 Å². The molecule has 190 valence electrons. The summed E-state index contributed by atoms with van der Waals surface area (Å²) in [7, 11) is 0. The van der Waals surface area contributed by atoms with Crippen LogP contribution in [0.4, 0.5) is 0 Å². The van der Waals surface area contributed by atoms with Crippen LogP contribution in [0.1, 0.15) is 174 Å². The Balaban J connectivity index is 3.04. The van der Waals surface area contributed by atoms with Crippen molar-refractivity contribution in [3.8, 4) is 0 Å². The summed E-state index contributed by atoms with van der Waals surface area (Å²) in [5.41, 5.74) is 0. The van der Waals surface area contributed by atoms with Crippen molar-refractivity contribution in [2.75, 3.05) is 0 Å². The first kappa shape index (κ1) is 31.2. The Bertz CT molecular complexity index is 388. The van der Waals surface area contributed by atoms with Crippen LogP contribution in [-0.4, -0.2) is 11.1 Å². The molecule has 0 heterocycles. The lowest BCUT2D eigenvalue weighted by molar-refractivity contribution is -0.136. The second-order valence-electron chi connectivity index (χ2n) is 9.99. The Labute approximate surface area is 202 Å². The zero-order valence-corrected chi connectivity index (χ0v) is 21.9. The van der Waals surface area contributed by atoms with Crippen LogP contribution in [0.15, 0.2) is 12.2 Å². The molecule has 2 nitrogen and oxygen atoms in total. The highest BCUT2D eigenvalue weighted by Gasteiger charge is 1.96. The molecule has 1 N–H and O–H groups in total. The molecule has 0 amide bonds. The zero-order valence-electron chi connectivity index (χ0n) is 21.9. The highest BCUT2D eigenvalue weighted by molar-refractivity contribution is 5.68. The van der Waals surface area contributed by atoms with Crippen LogP contribution in [0.25, 0.3) is 0 Å². The fourth-order valence-corrected chi connectivity index (χ4v) is 4.53. The van der Waals surface area contributed by atoms with Crippen molar-refractivity contribution in [3.05, 3.63) is 12.2 Å². The van der Waals surface area contributed by atoms with Crippen LogP contribution in [0.2, 0.25) is 0 Å². The number of hydrogen-bond donors (Lipinski definition) is 1. The first-order valence-electron chi connectivity index (χ1n) is 14.6. The van der Waals surface area contributed by atoms with E-state index in [9.17, 15) is 4.79 Å². The van der Waals surface area contributed by atoms with Crippen LogP contribution < -0.4 is 0 Å². The first-order valence-corrected chi connectivity index (χ1v) is 14.6. The minimum absolute atomic E-state index is 0.166. The van der Waals surface area contributed by atoms with Crippen LogP contribution >= 0.6 is 0 Å². The third kappa shape index (κ3) is 29.2. The number of rotatable bonds is 27. The number of hydrogen-bond acceptors (Lipinski definition) is 1. The van der Waals surface area contributed by atoms with Gasteiger partial charge in [0.15, 0.2) is 0 Å². The summed E-state index contributed by atoms with van der Waals surface area (Å²) in [6, 6.07) is 0. The summed E-state index contributed by atoms with van der Waals surface area (Å²) in [5.74, 6) is -0.735. The third-order valence-electron chi connectivity index (χ3n) is 6.68. The number of carbonyl (C=O) groups is 1. The minimum atomic E-state index is -0.735. The molecule has 0 aromatic carbocycles. The highest BCUT2D eigenvalue weighted by atomic mass is 16.4. The van der Waals surface area contributed by atoms with Gasteiger partial charge in [0, 0.05) is 0 Å². The molecule has 0 bridgehead atoms. The Kier molecular flexibility index (Phi) is 27.5. The Morgan fingerprint density at radius 1 is 0.469 bits per heavy atom. The predicted octanol–water partition coefficient (Wildman–Crippen LogP) is 10.8. The number of unbranched alkanes of at least 4 members (excludes halogenated alkanes) is 24. The lowest BCUT2D eigenvalue weighted by atomic mass is 10.0. The van der Waals surface area contributed by atoms with Gasteiger partial charge in [-0.25, -0.2) is 0 Å². The molecule has 0 saturated heterocycles. The van der Waals surface area contributed by atoms with E-state index in [-0.39, 0.29) is 6.42 Å². The predicted molar refractivity (Wildman–Crippen MR) is 142 cm³/mol. The van der Waals surface area contributed by atoms with Crippen molar-refractivity contribution in [3.63, 3.8) is 0 Å². The van der Waals surface area contributed by atoms with Crippen LogP contribution in [0.3, 0.4) is 0 Å². The molecule has 0 aliphatic rings. The summed E-state index contributed by atoms with van der Waals surface area (Å²) < 4.78 is 0. The van der Waals surface area contributed by atoms with Crippen LogP contribution in [-0.2, 0) is 4.79 Å². The normalized spacial score (nSPS) is 11.5. The standard InChI is InChI=1S/C30H58O2/c1-2-3-4-5-6-7-8-9-10-11-12-13-14-15-16-17-18-19-20-21-22-23-24-25-26-27-28-29-30(31)32/h27-28H,2-26,29H2,1H3,(H,31,32). The molecule has 0 radical (unpaired) electrons. The zero-order chi connectivity index (χ0) is 23.4. The average molecular weight is 451 g/mol. The summed E-state index contributed by atoms with van der Waals surface area (Å²) >= 11 is 0. The van der Waals surface area contributed by atoms with E-state index in [1.54, 1.807) is 6.08 Å². The van der Waals surface area contributed by atoms with Crippen LogP contribution in [0, 0.1) is 0 Å². The van der Waals surface area contributed by atoms with Gasteiger partial charge in [-0.2, -0.15) is 0 Å². The molecular formula is C30H58O2. The molecule has 0 atom stereocenters. The van der Waals surface area contributed by atoms with Crippen LogP contribution in [0.5, 0.6) is 0 Å². The van der Waals surface area contributed by atoms with Crippen molar-refractivity contribution in [1.82, 2.24) is 0 Å². The first-order chi connectivity index (χ1) is 15.8. The van der Waals surface area contributed by atoms with Gasteiger partial charge in [-0.1, -0.05) is 167 Å². The molecule has 0 aromatic heterocycles. The summed E-state index contributed by atoms with van der Waals surface area (Å²) in [4.78, 5) is 10.4. The van der Waals surface area contributed by atoms with Gasteiger partial charge >= 0.3 is 5.97 Å².